The third-order valence-corrected chi connectivity index (χ3v) is 4.18. The molecule has 3 rings (SSSR count). The first kappa shape index (κ1) is 16.7. The molecular formula is C19H15F5. The standard InChI is InChI=1S/C19H15F5/c1-2-3-12-4-6-13(7-5-12)15-9-8-14-10-11-18(21,22)19(23,24)16(14)17(15)20/h4-11H,2-3H2,1H3. The number of fused-ring (bicyclic) bond motifs is 1. The molecule has 1 aliphatic carbocycles. The first-order valence-electron chi connectivity index (χ1n) is 7.65. The van der Waals surface area contributed by atoms with Crippen LogP contribution in [0.5, 0.6) is 0 Å². The molecule has 126 valence electrons. The predicted octanol–water partition coefficient (Wildman–Crippen LogP) is 6.20. The normalized spacial score (nSPS) is 17.6. The molecule has 0 saturated carbocycles. The highest BCUT2D eigenvalue weighted by Gasteiger charge is 2.59. The van der Waals surface area contributed by atoms with E-state index in [0.29, 0.717) is 5.56 Å². The summed E-state index contributed by atoms with van der Waals surface area (Å²) < 4.78 is 69.8. The Hall–Kier alpha value is -2.17. The van der Waals surface area contributed by atoms with Gasteiger partial charge in [-0.2, -0.15) is 17.6 Å². The SMILES string of the molecule is CCCc1ccc(-c2ccc3c(c2F)C(F)(F)C(F)(F)C=C3)cc1. The minimum atomic E-state index is -4.58. The van der Waals surface area contributed by atoms with E-state index in [4.69, 9.17) is 0 Å². The summed E-state index contributed by atoms with van der Waals surface area (Å²) in [7, 11) is 0. The van der Waals surface area contributed by atoms with Crippen molar-refractivity contribution in [3.05, 3.63) is 65.0 Å². The second-order valence-electron chi connectivity index (χ2n) is 5.87. The summed E-state index contributed by atoms with van der Waals surface area (Å²) in [6.45, 7) is 2.02. The van der Waals surface area contributed by atoms with Crippen molar-refractivity contribution in [2.45, 2.75) is 31.6 Å². The molecule has 2 aromatic carbocycles. The first-order valence-corrected chi connectivity index (χ1v) is 7.65. The second kappa shape index (κ2) is 5.72. The monoisotopic (exact) mass is 338 g/mol. The van der Waals surface area contributed by atoms with E-state index in [1.807, 2.05) is 6.92 Å². The maximum Gasteiger partial charge on any atom is 0.342 e. The molecule has 0 N–H and O–H groups in total. The molecule has 0 atom stereocenters. The van der Waals surface area contributed by atoms with Gasteiger partial charge in [0.1, 0.15) is 5.82 Å². The van der Waals surface area contributed by atoms with E-state index in [0.717, 1.165) is 24.5 Å². The van der Waals surface area contributed by atoms with Gasteiger partial charge in [0, 0.05) is 5.56 Å². The highest BCUT2D eigenvalue weighted by molar-refractivity contribution is 5.71. The summed E-state index contributed by atoms with van der Waals surface area (Å²) in [6.07, 6.45) is 2.75. The number of rotatable bonds is 3. The second-order valence-corrected chi connectivity index (χ2v) is 5.87. The van der Waals surface area contributed by atoms with E-state index in [-0.39, 0.29) is 17.2 Å². The number of hydrogen-bond donors (Lipinski definition) is 0. The van der Waals surface area contributed by atoms with Crippen LogP contribution in [-0.2, 0) is 12.3 Å². The van der Waals surface area contributed by atoms with Gasteiger partial charge in [-0.05, 0) is 29.2 Å². The van der Waals surface area contributed by atoms with Gasteiger partial charge >= 0.3 is 11.8 Å². The third-order valence-electron chi connectivity index (χ3n) is 4.18. The Morgan fingerprint density at radius 1 is 0.917 bits per heavy atom. The summed E-state index contributed by atoms with van der Waals surface area (Å²) in [5, 5.41) is 0. The molecule has 0 bridgehead atoms. The molecule has 0 heterocycles. The van der Waals surface area contributed by atoms with E-state index in [9.17, 15) is 22.0 Å². The fourth-order valence-electron chi connectivity index (χ4n) is 2.88. The van der Waals surface area contributed by atoms with Crippen molar-refractivity contribution in [2.75, 3.05) is 0 Å². The average Bonchev–Trinajstić information content (AvgIpc) is 2.53. The number of alkyl halides is 4. The largest absolute Gasteiger partial charge is 0.342 e. The molecule has 0 aromatic heterocycles. The predicted molar refractivity (Wildman–Crippen MR) is 83.7 cm³/mol. The average molecular weight is 338 g/mol. The Kier molecular flexibility index (Phi) is 3.98. The van der Waals surface area contributed by atoms with Gasteiger partial charge in [0.15, 0.2) is 0 Å². The summed E-state index contributed by atoms with van der Waals surface area (Å²) in [5.41, 5.74) is -0.161. The lowest BCUT2D eigenvalue weighted by atomic mass is 9.87. The van der Waals surface area contributed by atoms with Gasteiger partial charge in [-0.15, -0.1) is 0 Å². The number of aryl methyl sites for hydroxylation is 1. The smallest absolute Gasteiger partial charge is 0.206 e. The summed E-state index contributed by atoms with van der Waals surface area (Å²) in [6, 6.07) is 9.38. The van der Waals surface area contributed by atoms with Crippen molar-refractivity contribution in [1.82, 2.24) is 0 Å². The first-order chi connectivity index (χ1) is 11.3. The zero-order chi connectivity index (χ0) is 17.5. The van der Waals surface area contributed by atoms with Gasteiger partial charge in [-0.3, -0.25) is 0 Å². The molecule has 0 spiro atoms. The van der Waals surface area contributed by atoms with Gasteiger partial charge < -0.3 is 0 Å². The fourth-order valence-corrected chi connectivity index (χ4v) is 2.88. The lowest BCUT2D eigenvalue weighted by molar-refractivity contribution is -0.189. The summed E-state index contributed by atoms with van der Waals surface area (Å²) in [4.78, 5) is 0. The Morgan fingerprint density at radius 2 is 1.58 bits per heavy atom. The van der Waals surface area contributed by atoms with Gasteiger partial charge in [-0.1, -0.05) is 55.8 Å². The number of hydrogen-bond acceptors (Lipinski definition) is 0. The minimum absolute atomic E-state index is 0.109. The van der Waals surface area contributed by atoms with Gasteiger partial charge in [0.05, 0.1) is 5.56 Å². The number of halogens is 5. The van der Waals surface area contributed by atoms with Crippen LogP contribution in [0.2, 0.25) is 0 Å². The van der Waals surface area contributed by atoms with E-state index in [2.05, 4.69) is 0 Å². The van der Waals surface area contributed by atoms with Crippen molar-refractivity contribution in [3.63, 3.8) is 0 Å². The lowest BCUT2D eigenvalue weighted by Crippen LogP contribution is -2.39. The highest BCUT2D eigenvalue weighted by Crippen LogP contribution is 2.50. The van der Waals surface area contributed by atoms with E-state index in [1.165, 1.54) is 12.1 Å². The van der Waals surface area contributed by atoms with Crippen LogP contribution in [0.1, 0.15) is 30.0 Å². The van der Waals surface area contributed by atoms with Crippen LogP contribution in [0, 0.1) is 5.82 Å². The van der Waals surface area contributed by atoms with Crippen molar-refractivity contribution in [3.8, 4) is 11.1 Å². The van der Waals surface area contributed by atoms with Crippen LogP contribution in [0.4, 0.5) is 22.0 Å². The van der Waals surface area contributed by atoms with Gasteiger partial charge in [0.25, 0.3) is 0 Å². The highest BCUT2D eigenvalue weighted by atomic mass is 19.3. The topological polar surface area (TPSA) is 0 Å². The summed E-state index contributed by atoms with van der Waals surface area (Å²) >= 11 is 0. The molecule has 0 nitrogen and oxygen atoms in total. The Bertz CT molecular complexity index is 788. The van der Waals surface area contributed by atoms with Crippen LogP contribution in [0.3, 0.4) is 0 Å². The van der Waals surface area contributed by atoms with Crippen LogP contribution < -0.4 is 0 Å². The number of allylic oxidation sites excluding steroid dienone is 1. The third kappa shape index (κ3) is 2.52. The zero-order valence-corrected chi connectivity index (χ0v) is 12.9. The maximum atomic E-state index is 14.7. The minimum Gasteiger partial charge on any atom is -0.206 e. The van der Waals surface area contributed by atoms with E-state index >= 15 is 0 Å². The van der Waals surface area contributed by atoms with E-state index in [1.54, 1.807) is 24.3 Å². The maximum absolute atomic E-state index is 14.7. The summed E-state index contributed by atoms with van der Waals surface area (Å²) in [5.74, 6) is -10.3. The van der Waals surface area contributed by atoms with Gasteiger partial charge in [-0.25, -0.2) is 4.39 Å². The molecule has 0 radical (unpaired) electrons. The quantitative estimate of drug-likeness (QED) is 0.585. The zero-order valence-electron chi connectivity index (χ0n) is 12.9. The lowest BCUT2D eigenvalue weighted by Gasteiger charge is -2.30. The molecule has 1 aliphatic rings. The molecular weight excluding hydrogens is 323 g/mol. The fraction of sp³-hybridized carbons (Fsp3) is 0.263. The van der Waals surface area contributed by atoms with Crippen molar-refractivity contribution < 1.29 is 22.0 Å². The molecule has 0 unspecified atom stereocenters. The van der Waals surface area contributed by atoms with Crippen molar-refractivity contribution >= 4 is 6.08 Å². The Labute approximate surface area is 136 Å². The van der Waals surface area contributed by atoms with Gasteiger partial charge in [0.2, 0.25) is 0 Å². The molecule has 5 heteroatoms. The molecule has 2 aromatic rings. The van der Waals surface area contributed by atoms with Crippen LogP contribution in [0.15, 0.2) is 42.5 Å². The molecule has 24 heavy (non-hydrogen) atoms. The van der Waals surface area contributed by atoms with Crippen molar-refractivity contribution in [1.29, 1.82) is 0 Å². The van der Waals surface area contributed by atoms with E-state index < -0.39 is 23.2 Å². The Morgan fingerprint density at radius 3 is 2.21 bits per heavy atom. The molecule has 0 saturated heterocycles. The molecule has 0 amide bonds. The van der Waals surface area contributed by atoms with Crippen molar-refractivity contribution in [2.24, 2.45) is 0 Å². The van der Waals surface area contributed by atoms with Crippen LogP contribution in [-0.4, -0.2) is 5.92 Å². The van der Waals surface area contributed by atoms with Crippen LogP contribution in [0.25, 0.3) is 17.2 Å². The Balaban J connectivity index is 2.12. The molecule has 0 fully saturated rings. The molecule has 0 aliphatic heterocycles. The van der Waals surface area contributed by atoms with Crippen LogP contribution >= 0.6 is 0 Å². The number of benzene rings is 2.